The third kappa shape index (κ3) is 6.00. The van der Waals surface area contributed by atoms with E-state index in [2.05, 4.69) is 19.7 Å². The van der Waals surface area contributed by atoms with Gasteiger partial charge in [0.15, 0.2) is 11.0 Å². The van der Waals surface area contributed by atoms with Crippen molar-refractivity contribution in [3.8, 4) is 5.69 Å². The summed E-state index contributed by atoms with van der Waals surface area (Å²) in [5.74, 6) is 0.552. The lowest BCUT2D eigenvalue weighted by Crippen LogP contribution is -2.33. The Labute approximate surface area is 198 Å². The van der Waals surface area contributed by atoms with Crippen LogP contribution in [0.2, 0.25) is 0 Å². The van der Waals surface area contributed by atoms with Crippen LogP contribution in [0, 0.1) is 5.82 Å². The van der Waals surface area contributed by atoms with Crippen LogP contribution < -0.4 is 0 Å². The van der Waals surface area contributed by atoms with Crippen molar-refractivity contribution in [2.75, 3.05) is 20.1 Å². The van der Waals surface area contributed by atoms with E-state index in [0.717, 1.165) is 36.7 Å². The Bertz CT molecular complexity index is 1070. The lowest BCUT2D eigenvalue weighted by Gasteiger charge is -2.26. The second kappa shape index (κ2) is 10.9. The minimum absolute atomic E-state index is 0.0375. The highest BCUT2D eigenvalue weighted by atomic mass is 32.2. The molecule has 33 heavy (non-hydrogen) atoms. The van der Waals surface area contributed by atoms with Gasteiger partial charge in [0.25, 0.3) is 0 Å². The monoisotopic (exact) mass is 467 g/mol. The summed E-state index contributed by atoms with van der Waals surface area (Å²) in [6.45, 7) is 5.12. The molecule has 1 saturated heterocycles. The standard InChI is InChI=1S/C25H30FN5OS/c1-19(24(32)29(2)17-20-10-9-11-21(26)16-20)33-25-28-27-23(18-30-14-7-4-8-15-30)31(25)22-12-5-3-6-13-22/h3,5-6,9-13,16,19H,4,7-8,14-15,17-18H2,1-2H3. The van der Waals surface area contributed by atoms with Gasteiger partial charge in [0.2, 0.25) is 5.91 Å². The van der Waals surface area contributed by atoms with Crippen molar-refractivity contribution in [3.63, 3.8) is 0 Å². The molecule has 1 atom stereocenters. The number of likely N-dealkylation sites (tertiary alicyclic amines) is 1. The fourth-order valence-corrected chi connectivity index (χ4v) is 5.14. The van der Waals surface area contributed by atoms with Gasteiger partial charge in [-0.1, -0.05) is 48.5 Å². The SMILES string of the molecule is CC(Sc1nnc(CN2CCCCC2)n1-c1ccccc1)C(=O)N(C)Cc1cccc(F)c1. The maximum atomic E-state index is 13.5. The molecular weight excluding hydrogens is 437 g/mol. The smallest absolute Gasteiger partial charge is 0.235 e. The van der Waals surface area contributed by atoms with Gasteiger partial charge in [-0.3, -0.25) is 14.3 Å². The Morgan fingerprint density at radius 2 is 1.85 bits per heavy atom. The topological polar surface area (TPSA) is 54.3 Å². The zero-order chi connectivity index (χ0) is 23.2. The Balaban J connectivity index is 1.50. The summed E-state index contributed by atoms with van der Waals surface area (Å²) in [7, 11) is 1.74. The second-order valence-electron chi connectivity index (χ2n) is 8.49. The molecule has 8 heteroatoms. The van der Waals surface area contributed by atoms with Gasteiger partial charge >= 0.3 is 0 Å². The number of benzene rings is 2. The number of carbonyl (C=O) groups excluding carboxylic acids is 1. The zero-order valence-electron chi connectivity index (χ0n) is 19.2. The first-order valence-corrected chi connectivity index (χ1v) is 12.3. The zero-order valence-corrected chi connectivity index (χ0v) is 20.0. The molecule has 1 unspecified atom stereocenters. The van der Waals surface area contributed by atoms with Crippen LogP contribution in [0.5, 0.6) is 0 Å². The van der Waals surface area contributed by atoms with E-state index in [0.29, 0.717) is 11.7 Å². The van der Waals surface area contributed by atoms with Crippen LogP contribution in [-0.2, 0) is 17.9 Å². The molecule has 1 fully saturated rings. The predicted molar refractivity (Wildman–Crippen MR) is 129 cm³/mol. The molecule has 1 aliphatic rings. The van der Waals surface area contributed by atoms with Crippen LogP contribution in [0.3, 0.4) is 0 Å². The largest absolute Gasteiger partial charge is 0.340 e. The van der Waals surface area contributed by atoms with E-state index in [4.69, 9.17) is 0 Å². The molecule has 2 heterocycles. The summed E-state index contributed by atoms with van der Waals surface area (Å²) in [5, 5.41) is 9.31. The predicted octanol–water partition coefficient (Wildman–Crippen LogP) is 4.53. The first-order chi connectivity index (χ1) is 16.0. The van der Waals surface area contributed by atoms with Crippen molar-refractivity contribution in [3.05, 3.63) is 71.8 Å². The molecule has 1 aliphatic heterocycles. The molecule has 174 valence electrons. The van der Waals surface area contributed by atoms with Crippen LogP contribution in [-0.4, -0.2) is 55.9 Å². The average molecular weight is 468 g/mol. The molecule has 0 radical (unpaired) electrons. The van der Waals surface area contributed by atoms with Crippen molar-refractivity contribution >= 4 is 17.7 Å². The summed E-state index contributed by atoms with van der Waals surface area (Å²) >= 11 is 1.40. The quantitative estimate of drug-likeness (QED) is 0.456. The van der Waals surface area contributed by atoms with E-state index in [1.54, 1.807) is 18.0 Å². The normalized spacial score (nSPS) is 15.4. The number of rotatable bonds is 8. The van der Waals surface area contributed by atoms with Gasteiger partial charge in [0.05, 0.1) is 11.8 Å². The van der Waals surface area contributed by atoms with Crippen molar-refractivity contribution in [2.45, 2.75) is 49.7 Å². The summed E-state index contributed by atoms with van der Waals surface area (Å²) in [5.41, 5.74) is 1.75. The van der Waals surface area contributed by atoms with E-state index < -0.39 is 0 Å². The molecule has 0 spiro atoms. The molecule has 3 aromatic rings. The first kappa shape index (κ1) is 23.4. The number of piperidine rings is 1. The van der Waals surface area contributed by atoms with Crippen molar-refractivity contribution in [1.82, 2.24) is 24.6 Å². The maximum absolute atomic E-state index is 13.5. The number of aromatic nitrogens is 3. The molecule has 0 N–H and O–H groups in total. The number of carbonyl (C=O) groups is 1. The van der Waals surface area contributed by atoms with Crippen molar-refractivity contribution in [2.24, 2.45) is 0 Å². The van der Waals surface area contributed by atoms with Gasteiger partial charge < -0.3 is 4.90 Å². The van der Waals surface area contributed by atoms with Crippen molar-refractivity contribution < 1.29 is 9.18 Å². The number of hydrogen-bond donors (Lipinski definition) is 0. The number of halogens is 1. The van der Waals surface area contributed by atoms with E-state index in [9.17, 15) is 9.18 Å². The lowest BCUT2D eigenvalue weighted by atomic mass is 10.1. The summed E-state index contributed by atoms with van der Waals surface area (Å²) in [6.07, 6.45) is 3.71. The number of para-hydroxylation sites is 1. The number of thioether (sulfide) groups is 1. The summed E-state index contributed by atoms with van der Waals surface area (Å²) < 4.78 is 15.6. The van der Waals surface area contributed by atoms with Gasteiger partial charge in [-0.2, -0.15) is 0 Å². The highest BCUT2D eigenvalue weighted by Gasteiger charge is 2.24. The Hall–Kier alpha value is -2.71. The van der Waals surface area contributed by atoms with E-state index >= 15 is 0 Å². The third-order valence-electron chi connectivity index (χ3n) is 5.84. The molecule has 1 amide bonds. The molecule has 6 nitrogen and oxygen atoms in total. The van der Waals surface area contributed by atoms with Gasteiger partial charge in [0.1, 0.15) is 5.82 Å². The fourth-order valence-electron chi connectivity index (χ4n) is 4.14. The van der Waals surface area contributed by atoms with Crippen molar-refractivity contribution in [1.29, 1.82) is 0 Å². The van der Waals surface area contributed by atoms with Gasteiger partial charge in [-0.25, -0.2) is 4.39 Å². The molecule has 0 bridgehead atoms. The Morgan fingerprint density at radius 1 is 1.09 bits per heavy atom. The molecule has 4 rings (SSSR count). The maximum Gasteiger partial charge on any atom is 0.235 e. The Morgan fingerprint density at radius 3 is 2.58 bits per heavy atom. The minimum atomic E-state index is -0.363. The van der Waals surface area contributed by atoms with Gasteiger partial charge in [0, 0.05) is 19.3 Å². The average Bonchev–Trinajstić information content (AvgIpc) is 3.21. The minimum Gasteiger partial charge on any atom is -0.340 e. The second-order valence-corrected chi connectivity index (χ2v) is 9.80. The van der Waals surface area contributed by atoms with Crippen LogP contribution in [0.15, 0.2) is 59.8 Å². The Kier molecular flexibility index (Phi) is 7.77. The molecule has 2 aromatic carbocycles. The number of hydrogen-bond acceptors (Lipinski definition) is 5. The van der Waals surface area contributed by atoms with E-state index in [1.807, 2.05) is 43.3 Å². The lowest BCUT2D eigenvalue weighted by molar-refractivity contribution is -0.129. The van der Waals surface area contributed by atoms with Crippen LogP contribution in [0.4, 0.5) is 4.39 Å². The molecular formula is C25H30FN5OS. The van der Waals surface area contributed by atoms with E-state index in [1.165, 1.54) is 43.2 Å². The fraction of sp³-hybridized carbons (Fsp3) is 0.400. The molecule has 0 aliphatic carbocycles. The van der Waals surface area contributed by atoms with Crippen LogP contribution >= 0.6 is 11.8 Å². The highest BCUT2D eigenvalue weighted by molar-refractivity contribution is 8.00. The van der Waals surface area contributed by atoms with Gasteiger partial charge in [-0.05, 0) is 62.7 Å². The summed E-state index contributed by atoms with van der Waals surface area (Å²) in [6, 6.07) is 16.4. The van der Waals surface area contributed by atoms with Gasteiger partial charge in [-0.15, -0.1) is 10.2 Å². The van der Waals surface area contributed by atoms with Crippen LogP contribution in [0.1, 0.15) is 37.6 Å². The third-order valence-corrected chi connectivity index (χ3v) is 6.87. The highest BCUT2D eigenvalue weighted by Crippen LogP contribution is 2.28. The first-order valence-electron chi connectivity index (χ1n) is 11.4. The summed E-state index contributed by atoms with van der Waals surface area (Å²) in [4.78, 5) is 17.1. The van der Waals surface area contributed by atoms with Crippen LogP contribution in [0.25, 0.3) is 5.69 Å². The number of nitrogens with zero attached hydrogens (tertiary/aromatic N) is 5. The van der Waals surface area contributed by atoms with E-state index in [-0.39, 0.29) is 17.0 Å². The molecule has 0 saturated carbocycles. The molecule has 1 aromatic heterocycles. The number of amides is 1.